The lowest BCUT2D eigenvalue weighted by Crippen LogP contribution is -2.40. The number of esters is 1. The maximum atomic E-state index is 11.7. The Hall–Kier alpha value is -1.09. The second kappa shape index (κ2) is 7.23. The van der Waals surface area contributed by atoms with E-state index in [-0.39, 0.29) is 5.97 Å². The summed E-state index contributed by atoms with van der Waals surface area (Å²) in [6, 6.07) is 0. The molecule has 0 aliphatic carbocycles. The predicted octanol–water partition coefficient (Wildman–Crippen LogP) is 2.25. The Morgan fingerprint density at radius 3 is 2.19 bits per heavy atom. The van der Waals surface area contributed by atoms with E-state index in [0.29, 0.717) is 13.2 Å². The fourth-order valence-corrected chi connectivity index (χ4v) is 1.52. The topological polar surface area (TPSA) is 29.5 Å². The zero-order chi connectivity index (χ0) is 12.6. The van der Waals surface area contributed by atoms with Crippen LogP contribution in [-0.4, -0.2) is 37.1 Å². The first-order chi connectivity index (χ1) is 7.47. The van der Waals surface area contributed by atoms with Gasteiger partial charge in [-0.15, -0.1) is 13.2 Å². The van der Waals surface area contributed by atoms with Crippen molar-refractivity contribution in [2.24, 2.45) is 5.41 Å². The van der Waals surface area contributed by atoms with Gasteiger partial charge in [-0.05, 0) is 20.8 Å². The normalized spacial score (nSPS) is 11.2. The molecule has 0 saturated carbocycles. The third-order valence-electron chi connectivity index (χ3n) is 2.22. The number of ether oxygens (including phenoxy) is 1. The van der Waals surface area contributed by atoms with Crippen LogP contribution in [0.2, 0.25) is 0 Å². The maximum Gasteiger partial charge on any atom is 0.312 e. The van der Waals surface area contributed by atoms with Crippen molar-refractivity contribution in [1.82, 2.24) is 4.90 Å². The third kappa shape index (κ3) is 5.12. The molecule has 16 heavy (non-hydrogen) atoms. The second-order valence-electron chi connectivity index (χ2n) is 4.38. The molecule has 0 N–H and O–H groups in total. The molecular weight excluding hydrogens is 202 g/mol. The van der Waals surface area contributed by atoms with Gasteiger partial charge in [0.05, 0.1) is 12.0 Å². The van der Waals surface area contributed by atoms with Gasteiger partial charge in [0.1, 0.15) is 0 Å². The van der Waals surface area contributed by atoms with Gasteiger partial charge in [0.15, 0.2) is 0 Å². The molecule has 0 aliphatic heterocycles. The van der Waals surface area contributed by atoms with Gasteiger partial charge in [-0.3, -0.25) is 9.69 Å². The molecule has 0 heterocycles. The van der Waals surface area contributed by atoms with Crippen LogP contribution in [-0.2, 0) is 9.53 Å². The maximum absolute atomic E-state index is 11.7. The van der Waals surface area contributed by atoms with Gasteiger partial charge < -0.3 is 4.74 Å². The van der Waals surface area contributed by atoms with Crippen molar-refractivity contribution in [3.63, 3.8) is 0 Å². The number of nitrogens with zero attached hydrogens (tertiary/aromatic N) is 1. The molecule has 0 atom stereocenters. The van der Waals surface area contributed by atoms with Crippen molar-refractivity contribution >= 4 is 5.97 Å². The fourth-order valence-electron chi connectivity index (χ4n) is 1.52. The lowest BCUT2D eigenvalue weighted by molar-refractivity contribution is -0.154. The molecule has 3 heteroatoms. The molecule has 0 aromatic heterocycles. The zero-order valence-electron chi connectivity index (χ0n) is 10.7. The molecule has 92 valence electrons. The van der Waals surface area contributed by atoms with Crippen LogP contribution in [0.25, 0.3) is 0 Å². The summed E-state index contributed by atoms with van der Waals surface area (Å²) >= 11 is 0. The van der Waals surface area contributed by atoms with Crippen molar-refractivity contribution in [2.75, 3.05) is 26.2 Å². The van der Waals surface area contributed by atoms with Crippen LogP contribution in [0.5, 0.6) is 0 Å². The van der Waals surface area contributed by atoms with Crippen LogP contribution < -0.4 is 0 Å². The minimum Gasteiger partial charge on any atom is -0.466 e. The summed E-state index contributed by atoms with van der Waals surface area (Å²) in [5.74, 6) is -0.159. The molecule has 0 rings (SSSR count). The van der Waals surface area contributed by atoms with E-state index in [2.05, 4.69) is 18.1 Å². The fraction of sp³-hybridized carbons (Fsp3) is 0.615. The Bertz CT molecular complexity index is 236. The van der Waals surface area contributed by atoms with Gasteiger partial charge in [0.25, 0.3) is 0 Å². The van der Waals surface area contributed by atoms with E-state index in [1.54, 1.807) is 0 Å². The summed E-state index contributed by atoms with van der Waals surface area (Å²) < 4.78 is 5.05. The predicted molar refractivity (Wildman–Crippen MR) is 67.2 cm³/mol. The molecular formula is C13H23NO2. The first-order valence-corrected chi connectivity index (χ1v) is 5.59. The van der Waals surface area contributed by atoms with E-state index in [0.717, 1.165) is 13.1 Å². The molecule has 0 spiro atoms. The van der Waals surface area contributed by atoms with Crippen LogP contribution in [0.15, 0.2) is 25.3 Å². The lowest BCUT2D eigenvalue weighted by Gasteiger charge is -2.29. The Morgan fingerprint density at radius 2 is 1.81 bits per heavy atom. The first kappa shape index (κ1) is 14.9. The Labute approximate surface area is 98.8 Å². The highest BCUT2D eigenvalue weighted by Gasteiger charge is 2.30. The van der Waals surface area contributed by atoms with Crippen LogP contribution in [0.1, 0.15) is 20.8 Å². The molecule has 0 fully saturated rings. The molecule has 3 nitrogen and oxygen atoms in total. The summed E-state index contributed by atoms with van der Waals surface area (Å²) in [6.45, 7) is 15.6. The Kier molecular flexibility index (Phi) is 6.74. The molecule has 0 saturated heterocycles. The highest BCUT2D eigenvalue weighted by molar-refractivity contribution is 5.76. The average molecular weight is 225 g/mol. The van der Waals surface area contributed by atoms with E-state index in [1.807, 2.05) is 32.9 Å². The molecule has 0 aliphatic rings. The van der Waals surface area contributed by atoms with E-state index in [4.69, 9.17) is 4.74 Å². The average Bonchev–Trinajstić information content (AvgIpc) is 2.18. The van der Waals surface area contributed by atoms with E-state index in [1.165, 1.54) is 0 Å². The number of carbonyl (C=O) groups excluding carboxylic acids is 1. The minimum atomic E-state index is -0.498. The smallest absolute Gasteiger partial charge is 0.312 e. The summed E-state index contributed by atoms with van der Waals surface area (Å²) in [7, 11) is 0. The molecule has 0 aromatic carbocycles. The quantitative estimate of drug-likeness (QED) is 0.469. The van der Waals surface area contributed by atoms with Gasteiger partial charge in [-0.2, -0.15) is 0 Å². The monoisotopic (exact) mass is 225 g/mol. The van der Waals surface area contributed by atoms with Gasteiger partial charge >= 0.3 is 5.97 Å². The highest BCUT2D eigenvalue weighted by atomic mass is 16.5. The van der Waals surface area contributed by atoms with Gasteiger partial charge in [0, 0.05) is 19.6 Å². The first-order valence-electron chi connectivity index (χ1n) is 5.59. The van der Waals surface area contributed by atoms with Crippen LogP contribution >= 0.6 is 0 Å². The van der Waals surface area contributed by atoms with Crippen LogP contribution in [0.4, 0.5) is 0 Å². The summed E-state index contributed by atoms with van der Waals surface area (Å²) in [4.78, 5) is 13.8. The highest BCUT2D eigenvalue weighted by Crippen LogP contribution is 2.19. The third-order valence-corrected chi connectivity index (χ3v) is 2.22. The summed E-state index contributed by atoms with van der Waals surface area (Å²) in [5, 5.41) is 0. The van der Waals surface area contributed by atoms with Gasteiger partial charge in [-0.1, -0.05) is 12.2 Å². The molecule has 0 amide bonds. The van der Waals surface area contributed by atoms with E-state index >= 15 is 0 Å². The standard InChI is InChI=1S/C13H23NO2/c1-6-9-14(10-7-2)11-13(4,5)12(15)16-8-3/h6-7H,1-2,8-11H2,3-5H3. The van der Waals surface area contributed by atoms with Crippen molar-refractivity contribution in [3.8, 4) is 0 Å². The Morgan fingerprint density at radius 1 is 1.31 bits per heavy atom. The van der Waals surface area contributed by atoms with Crippen molar-refractivity contribution < 1.29 is 9.53 Å². The second-order valence-corrected chi connectivity index (χ2v) is 4.38. The van der Waals surface area contributed by atoms with Gasteiger partial charge in [0.2, 0.25) is 0 Å². The van der Waals surface area contributed by atoms with Gasteiger partial charge in [-0.25, -0.2) is 0 Å². The minimum absolute atomic E-state index is 0.159. The Balaban J connectivity index is 4.43. The largest absolute Gasteiger partial charge is 0.466 e. The molecule has 0 aromatic rings. The molecule has 0 unspecified atom stereocenters. The SMILES string of the molecule is C=CCN(CC=C)CC(C)(C)C(=O)OCC. The van der Waals surface area contributed by atoms with E-state index in [9.17, 15) is 4.79 Å². The summed E-state index contributed by atoms with van der Waals surface area (Å²) in [6.07, 6.45) is 3.65. The zero-order valence-corrected chi connectivity index (χ0v) is 10.7. The van der Waals surface area contributed by atoms with E-state index < -0.39 is 5.41 Å². The number of rotatable bonds is 8. The number of carbonyl (C=O) groups is 1. The lowest BCUT2D eigenvalue weighted by atomic mass is 9.93. The number of hydrogen-bond acceptors (Lipinski definition) is 3. The van der Waals surface area contributed by atoms with Crippen molar-refractivity contribution in [1.29, 1.82) is 0 Å². The van der Waals surface area contributed by atoms with Crippen LogP contribution in [0, 0.1) is 5.41 Å². The van der Waals surface area contributed by atoms with Crippen LogP contribution in [0.3, 0.4) is 0 Å². The van der Waals surface area contributed by atoms with Crippen molar-refractivity contribution in [2.45, 2.75) is 20.8 Å². The molecule has 0 bridgehead atoms. The molecule has 0 radical (unpaired) electrons. The number of hydrogen-bond donors (Lipinski definition) is 0. The summed E-state index contributed by atoms with van der Waals surface area (Å²) in [5.41, 5.74) is -0.498. The van der Waals surface area contributed by atoms with Crippen molar-refractivity contribution in [3.05, 3.63) is 25.3 Å².